The number of anilines is 1. The van der Waals surface area contributed by atoms with E-state index >= 15 is 0 Å². The van der Waals surface area contributed by atoms with Crippen LogP contribution in [-0.4, -0.2) is 47.8 Å². The predicted octanol–water partition coefficient (Wildman–Crippen LogP) is 3.71. The summed E-state index contributed by atoms with van der Waals surface area (Å²) in [6.07, 6.45) is 10.3. The van der Waals surface area contributed by atoms with Gasteiger partial charge in [0.25, 0.3) is 0 Å². The second-order valence-electron chi connectivity index (χ2n) is 9.23. The molecule has 172 valence electrons. The molecule has 7 heteroatoms. The van der Waals surface area contributed by atoms with E-state index in [0.29, 0.717) is 19.6 Å². The highest BCUT2D eigenvalue weighted by molar-refractivity contribution is 5.87. The molecule has 1 fully saturated rings. The summed E-state index contributed by atoms with van der Waals surface area (Å²) in [5, 5.41) is 15.6. The van der Waals surface area contributed by atoms with Gasteiger partial charge in [0.2, 0.25) is 5.91 Å². The monoisotopic (exact) mass is 431 g/mol. The molecule has 2 aliphatic rings. The van der Waals surface area contributed by atoms with Crippen LogP contribution in [0.2, 0.25) is 0 Å². The summed E-state index contributed by atoms with van der Waals surface area (Å²) < 4.78 is 5.43. The highest BCUT2D eigenvalue weighted by atomic mass is 16.5. The maximum atomic E-state index is 12.6. The Labute approximate surface area is 185 Å². The quantitative estimate of drug-likeness (QED) is 0.462. The Morgan fingerprint density at radius 2 is 2.03 bits per heavy atom. The number of hydrogen-bond donors (Lipinski definition) is 3. The van der Waals surface area contributed by atoms with Gasteiger partial charge in [-0.15, -0.1) is 0 Å². The number of ether oxygens (including phenoxy) is 1. The van der Waals surface area contributed by atoms with Crippen LogP contribution in [0.4, 0.5) is 5.82 Å². The van der Waals surface area contributed by atoms with Gasteiger partial charge in [-0.2, -0.15) is 0 Å². The number of carboxylic acids is 1. The lowest BCUT2D eigenvalue weighted by atomic mass is 9.83. The molecule has 3 heterocycles. The molecule has 1 saturated heterocycles. The van der Waals surface area contributed by atoms with Crippen LogP contribution >= 0.6 is 0 Å². The molecule has 1 amide bonds. The highest BCUT2D eigenvalue weighted by Crippen LogP contribution is 2.28. The van der Waals surface area contributed by atoms with Crippen molar-refractivity contribution in [3.63, 3.8) is 0 Å². The number of carbonyl (C=O) groups excluding carboxylic acids is 1. The van der Waals surface area contributed by atoms with Gasteiger partial charge in [0.15, 0.2) is 0 Å². The fraction of sp³-hybridized carbons (Fsp3) is 0.708. The van der Waals surface area contributed by atoms with Crippen molar-refractivity contribution in [3.8, 4) is 0 Å². The van der Waals surface area contributed by atoms with Crippen molar-refractivity contribution < 1.29 is 19.4 Å². The Kier molecular flexibility index (Phi) is 8.69. The van der Waals surface area contributed by atoms with E-state index in [-0.39, 0.29) is 5.91 Å². The Morgan fingerprint density at radius 1 is 1.23 bits per heavy atom. The summed E-state index contributed by atoms with van der Waals surface area (Å²) in [4.78, 5) is 28.9. The summed E-state index contributed by atoms with van der Waals surface area (Å²) in [5.74, 6) is -0.105. The van der Waals surface area contributed by atoms with Crippen LogP contribution in [0, 0.1) is 5.41 Å². The van der Waals surface area contributed by atoms with Gasteiger partial charge in [-0.3, -0.25) is 4.79 Å². The Hall–Kier alpha value is -2.15. The second kappa shape index (κ2) is 11.5. The fourth-order valence-corrected chi connectivity index (χ4v) is 4.40. The van der Waals surface area contributed by atoms with Crippen molar-refractivity contribution in [2.45, 2.75) is 83.6 Å². The SMILES string of the molecule is C[C@]1(C(=O)N[C@@H](CCCCCCCc2ccc3c(n2)NCCC3)C(=O)O)CCCOC1. The van der Waals surface area contributed by atoms with Crippen LogP contribution < -0.4 is 10.6 Å². The molecule has 1 aromatic rings. The Balaban J connectivity index is 1.31. The Morgan fingerprint density at radius 3 is 2.81 bits per heavy atom. The van der Waals surface area contributed by atoms with Crippen LogP contribution in [0.15, 0.2) is 12.1 Å². The average molecular weight is 432 g/mol. The number of rotatable bonds is 11. The molecule has 2 atom stereocenters. The maximum Gasteiger partial charge on any atom is 0.326 e. The van der Waals surface area contributed by atoms with Crippen LogP contribution in [0.25, 0.3) is 0 Å². The molecule has 0 saturated carbocycles. The van der Waals surface area contributed by atoms with Crippen molar-refractivity contribution in [2.75, 3.05) is 25.1 Å². The van der Waals surface area contributed by atoms with Gasteiger partial charge in [0.1, 0.15) is 11.9 Å². The molecule has 3 N–H and O–H groups in total. The molecule has 1 aromatic heterocycles. The minimum absolute atomic E-state index is 0.202. The maximum absolute atomic E-state index is 12.6. The second-order valence-corrected chi connectivity index (χ2v) is 9.23. The first kappa shape index (κ1) is 23.5. The van der Waals surface area contributed by atoms with Gasteiger partial charge in [0, 0.05) is 18.8 Å². The number of amides is 1. The zero-order valence-electron chi connectivity index (χ0n) is 18.8. The smallest absolute Gasteiger partial charge is 0.326 e. The van der Waals surface area contributed by atoms with Gasteiger partial charge in [-0.1, -0.05) is 31.7 Å². The van der Waals surface area contributed by atoms with Gasteiger partial charge in [-0.05, 0) is 63.5 Å². The van der Waals surface area contributed by atoms with Crippen LogP contribution in [0.1, 0.15) is 76.0 Å². The molecule has 31 heavy (non-hydrogen) atoms. The number of carbonyl (C=O) groups is 2. The molecule has 7 nitrogen and oxygen atoms in total. The number of carboxylic acid groups (broad SMARTS) is 1. The van der Waals surface area contributed by atoms with E-state index in [1.165, 1.54) is 12.0 Å². The third-order valence-electron chi connectivity index (χ3n) is 6.47. The number of nitrogens with zero attached hydrogens (tertiary/aromatic N) is 1. The lowest BCUT2D eigenvalue weighted by Gasteiger charge is -2.33. The normalized spacial score (nSPS) is 21.6. The molecular weight excluding hydrogens is 394 g/mol. The van der Waals surface area contributed by atoms with E-state index in [1.54, 1.807) is 0 Å². The first-order chi connectivity index (χ1) is 15.0. The average Bonchev–Trinajstić information content (AvgIpc) is 2.77. The predicted molar refractivity (Wildman–Crippen MR) is 120 cm³/mol. The van der Waals surface area contributed by atoms with E-state index in [4.69, 9.17) is 9.72 Å². The zero-order valence-corrected chi connectivity index (χ0v) is 18.8. The standard InChI is InChI=1S/C24H37N3O4/c1-24(14-8-16-31-17-24)23(30)27-20(22(28)29)11-6-4-2-3-5-10-19-13-12-18-9-7-15-25-21(18)26-19/h12-13,20H,2-11,14-17H2,1H3,(H,25,26)(H,27,30)(H,28,29)/t20-,24-/m0/s1. The van der Waals surface area contributed by atoms with Gasteiger partial charge < -0.3 is 20.5 Å². The molecule has 0 spiro atoms. The van der Waals surface area contributed by atoms with Crippen molar-refractivity contribution in [1.29, 1.82) is 0 Å². The number of unbranched alkanes of at least 4 members (excludes halogenated alkanes) is 4. The number of fused-ring (bicyclic) bond motifs is 1. The van der Waals surface area contributed by atoms with Crippen molar-refractivity contribution in [1.82, 2.24) is 10.3 Å². The fourth-order valence-electron chi connectivity index (χ4n) is 4.40. The molecule has 0 radical (unpaired) electrons. The molecule has 0 aromatic carbocycles. The van der Waals surface area contributed by atoms with E-state index in [1.807, 2.05) is 6.92 Å². The van der Waals surface area contributed by atoms with Crippen molar-refractivity contribution in [2.24, 2.45) is 5.41 Å². The summed E-state index contributed by atoms with van der Waals surface area (Å²) in [7, 11) is 0. The molecule has 3 rings (SSSR count). The summed E-state index contributed by atoms with van der Waals surface area (Å²) in [6, 6.07) is 3.52. The number of nitrogens with one attached hydrogen (secondary N) is 2. The molecule has 2 aliphatic heterocycles. The molecule has 0 aliphatic carbocycles. The first-order valence-corrected chi connectivity index (χ1v) is 11.8. The number of aryl methyl sites for hydroxylation is 2. The minimum atomic E-state index is -0.958. The zero-order chi connectivity index (χ0) is 22.1. The first-order valence-electron chi connectivity index (χ1n) is 11.8. The van der Waals surface area contributed by atoms with E-state index in [2.05, 4.69) is 22.8 Å². The lowest BCUT2D eigenvalue weighted by Crippen LogP contribution is -2.50. The topological polar surface area (TPSA) is 101 Å². The molecule has 0 bridgehead atoms. The Bertz CT molecular complexity index is 746. The molecule has 0 unspecified atom stereocenters. The molecular formula is C24H37N3O4. The summed E-state index contributed by atoms with van der Waals surface area (Å²) >= 11 is 0. The van der Waals surface area contributed by atoms with E-state index < -0.39 is 17.4 Å². The van der Waals surface area contributed by atoms with Gasteiger partial charge >= 0.3 is 5.97 Å². The highest BCUT2D eigenvalue weighted by Gasteiger charge is 2.37. The summed E-state index contributed by atoms with van der Waals surface area (Å²) in [5.41, 5.74) is 1.84. The van der Waals surface area contributed by atoms with Crippen LogP contribution in [-0.2, 0) is 27.2 Å². The van der Waals surface area contributed by atoms with E-state index in [9.17, 15) is 14.7 Å². The largest absolute Gasteiger partial charge is 0.480 e. The number of aromatic nitrogens is 1. The third-order valence-corrected chi connectivity index (χ3v) is 6.47. The van der Waals surface area contributed by atoms with Crippen LogP contribution in [0.5, 0.6) is 0 Å². The lowest BCUT2D eigenvalue weighted by molar-refractivity contribution is -0.146. The van der Waals surface area contributed by atoms with E-state index in [0.717, 1.165) is 75.8 Å². The minimum Gasteiger partial charge on any atom is -0.480 e. The van der Waals surface area contributed by atoms with Gasteiger partial charge in [0.05, 0.1) is 12.0 Å². The number of hydrogen-bond acceptors (Lipinski definition) is 5. The van der Waals surface area contributed by atoms with Crippen LogP contribution in [0.3, 0.4) is 0 Å². The van der Waals surface area contributed by atoms with Crippen molar-refractivity contribution in [3.05, 3.63) is 23.4 Å². The summed E-state index contributed by atoms with van der Waals surface area (Å²) in [6.45, 7) is 3.90. The van der Waals surface area contributed by atoms with Crippen molar-refractivity contribution >= 4 is 17.7 Å². The number of pyridine rings is 1. The third kappa shape index (κ3) is 6.92. The van der Waals surface area contributed by atoms with Gasteiger partial charge in [-0.25, -0.2) is 9.78 Å². The number of aliphatic carboxylic acids is 1.